The molecule has 2 fully saturated rings. The highest BCUT2D eigenvalue weighted by Crippen LogP contribution is 2.41. The lowest BCUT2D eigenvalue weighted by molar-refractivity contribution is -0.131. The zero-order chi connectivity index (χ0) is 13.9. The van der Waals surface area contributed by atoms with Crippen molar-refractivity contribution in [2.45, 2.75) is 58.3 Å². The van der Waals surface area contributed by atoms with Crippen LogP contribution < -0.4 is 11.1 Å². The number of nitrogens with one attached hydrogen (secondary N) is 1. The van der Waals surface area contributed by atoms with Crippen LogP contribution >= 0.6 is 12.2 Å². The van der Waals surface area contributed by atoms with Gasteiger partial charge in [0.15, 0.2) is 0 Å². The Labute approximate surface area is 121 Å². The molecule has 0 saturated heterocycles. The number of carbonyl (C=O) groups is 1. The highest BCUT2D eigenvalue weighted by atomic mass is 32.1. The van der Waals surface area contributed by atoms with Crippen molar-refractivity contribution in [3.8, 4) is 0 Å². The minimum atomic E-state index is -0.518. The van der Waals surface area contributed by atoms with Crippen molar-refractivity contribution < 1.29 is 4.79 Å². The van der Waals surface area contributed by atoms with E-state index in [0.717, 1.165) is 31.7 Å². The Morgan fingerprint density at radius 1 is 1.26 bits per heavy atom. The number of hydrogen-bond donors (Lipinski definition) is 2. The largest absolute Gasteiger partial charge is 0.392 e. The molecule has 0 heterocycles. The molecule has 0 aromatic rings. The van der Waals surface area contributed by atoms with Gasteiger partial charge in [0.2, 0.25) is 5.91 Å². The average molecular weight is 282 g/mol. The molecule has 0 spiro atoms. The van der Waals surface area contributed by atoms with Crippen molar-refractivity contribution >= 4 is 23.1 Å². The SMILES string of the molecule is CCC1CCC(CNC(=O)C2(C(N)=S)CCC2)CC1. The Morgan fingerprint density at radius 2 is 1.84 bits per heavy atom. The van der Waals surface area contributed by atoms with Crippen LogP contribution in [0.15, 0.2) is 0 Å². The summed E-state index contributed by atoms with van der Waals surface area (Å²) in [4.78, 5) is 12.7. The van der Waals surface area contributed by atoms with E-state index in [-0.39, 0.29) is 5.91 Å². The van der Waals surface area contributed by atoms with Gasteiger partial charge in [-0.3, -0.25) is 4.79 Å². The van der Waals surface area contributed by atoms with Gasteiger partial charge in [-0.05, 0) is 37.5 Å². The van der Waals surface area contributed by atoms with Crippen LogP contribution in [0.25, 0.3) is 0 Å². The van der Waals surface area contributed by atoms with E-state index >= 15 is 0 Å². The molecule has 0 radical (unpaired) electrons. The molecule has 0 aromatic heterocycles. The smallest absolute Gasteiger partial charge is 0.233 e. The maximum Gasteiger partial charge on any atom is 0.233 e. The van der Waals surface area contributed by atoms with Crippen molar-refractivity contribution in [1.29, 1.82) is 0 Å². The van der Waals surface area contributed by atoms with Gasteiger partial charge in [0.1, 0.15) is 0 Å². The molecule has 0 unspecified atom stereocenters. The zero-order valence-electron chi connectivity index (χ0n) is 11.9. The van der Waals surface area contributed by atoms with Gasteiger partial charge in [-0.15, -0.1) is 0 Å². The molecule has 0 atom stereocenters. The number of amides is 1. The zero-order valence-corrected chi connectivity index (χ0v) is 12.7. The first-order chi connectivity index (χ1) is 9.08. The fraction of sp³-hybridized carbons (Fsp3) is 0.867. The first-order valence-corrected chi connectivity index (χ1v) is 8.07. The lowest BCUT2D eigenvalue weighted by Gasteiger charge is -2.39. The van der Waals surface area contributed by atoms with Crippen molar-refractivity contribution in [2.75, 3.05) is 6.54 Å². The summed E-state index contributed by atoms with van der Waals surface area (Å²) in [6.45, 7) is 3.08. The molecule has 2 rings (SSSR count). The topological polar surface area (TPSA) is 55.1 Å². The minimum Gasteiger partial charge on any atom is -0.392 e. The summed E-state index contributed by atoms with van der Waals surface area (Å²) < 4.78 is 0. The summed E-state index contributed by atoms with van der Waals surface area (Å²) in [6.07, 6.45) is 9.15. The minimum absolute atomic E-state index is 0.0730. The van der Waals surface area contributed by atoms with Gasteiger partial charge >= 0.3 is 0 Å². The second-order valence-corrected chi connectivity index (χ2v) is 6.74. The summed E-state index contributed by atoms with van der Waals surface area (Å²) in [7, 11) is 0. The van der Waals surface area contributed by atoms with Gasteiger partial charge in [0.25, 0.3) is 0 Å². The van der Waals surface area contributed by atoms with Crippen LogP contribution in [0.2, 0.25) is 0 Å². The van der Waals surface area contributed by atoms with Gasteiger partial charge in [-0.1, -0.05) is 44.8 Å². The first-order valence-electron chi connectivity index (χ1n) is 7.66. The molecule has 2 aliphatic carbocycles. The molecule has 2 saturated carbocycles. The Hall–Kier alpha value is -0.640. The van der Waals surface area contributed by atoms with E-state index in [9.17, 15) is 4.79 Å². The fourth-order valence-corrected chi connectivity index (χ4v) is 3.66. The number of thiocarbonyl (C=S) groups is 1. The average Bonchev–Trinajstić information content (AvgIpc) is 2.35. The van der Waals surface area contributed by atoms with E-state index in [4.69, 9.17) is 18.0 Å². The molecule has 1 amide bonds. The standard InChI is InChI=1S/C15H26N2OS/c1-2-11-4-6-12(7-5-11)10-17-14(18)15(13(16)19)8-3-9-15/h11-12H,2-10H2,1H3,(H2,16,19)(H,17,18). The summed E-state index contributed by atoms with van der Waals surface area (Å²) in [6, 6.07) is 0. The molecule has 0 aromatic carbocycles. The Kier molecular flexibility index (Phi) is 4.82. The maximum absolute atomic E-state index is 12.3. The van der Waals surface area contributed by atoms with Crippen LogP contribution in [0.4, 0.5) is 0 Å². The monoisotopic (exact) mass is 282 g/mol. The van der Waals surface area contributed by atoms with E-state index in [0.29, 0.717) is 10.9 Å². The predicted molar refractivity (Wildman–Crippen MR) is 81.8 cm³/mol. The quantitative estimate of drug-likeness (QED) is 0.762. The van der Waals surface area contributed by atoms with Crippen molar-refractivity contribution in [1.82, 2.24) is 5.32 Å². The predicted octanol–water partition coefficient (Wildman–Crippen LogP) is 2.78. The number of hydrogen-bond acceptors (Lipinski definition) is 2. The fourth-order valence-electron chi connectivity index (χ4n) is 3.37. The van der Waals surface area contributed by atoms with Crippen LogP contribution in [-0.2, 0) is 4.79 Å². The van der Waals surface area contributed by atoms with Crippen LogP contribution in [0.3, 0.4) is 0 Å². The van der Waals surface area contributed by atoms with Gasteiger partial charge in [-0.2, -0.15) is 0 Å². The molecule has 108 valence electrons. The summed E-state index contributed by atoms with van der Waals surface area (Å²) in [5.74, 6) is 1.63. The summed E-state index contributed by atoms with van der Waals surface area (Å²) >= 11 is 5.08. The summed E-state index contributed by atoms with van der Waals surface area (Å²) in [5.41, 5.74) is 5.23. The van der Waals surface area contributed by atoms with Crippen LogP contribution in [0, 0.1) is 17.3 Å². The van der Waals surface area contributed by atoms with Gasteiger partial charge < -0.3 is 11.1 Å². The molecule has 0 bridgehead atoms. The normalized spacial score (nSPS) is 29.3. The number of rotatable bonds is 5. The van der Waals surface area contributed by atoms with Gasteiger partial charge in [-0.25, -0.2) is 0 Å². The Morgan fingerprint density at radius 3 is 2.26 bits per heavy atom. The molecule has 0 aliphatic heterocycles. The molecule has 4 heteroatoms. The van der Waals surface area contributed by atoms with E-state index in [1.165, 1.54) is 32.1 Å². The Bertz CT molecular complexity index is 344. The lowest BCUT2D eigenvalue weighted by atomic mass is 9.68. The highest BCUT2D eigenvalue weighted by molar-refractivity contribution is 7.80. The third kappa shape index (κ3) is 3.10. The van der Waals surface area contributed by atoms with E-state index in [1.54, 1.807) is 0 Å². The van der Waals surface area contributed by atoms with Crippen molar-refractivity contribution in [3.63, 3.8) is 0 Å². The molecular weight excluding hydrogens is 256 g/mol. The molecule has 3 nitrogen and oxygen atoms in total. The third-order valence-electron chi connectivity index (χ3n) is 5.21. The number of nitrogens with two attached hydrogens (primary N) is 1. The second kappa shape index (κ2) is 6.21. The summed E-state index contributed by atoms with van der Waals surface area (Å²) in [5, 5.41) is 3.10. The third-order valence-corrected chi connectivity index (χ3v) is 5.60. The number of carbonyl (C=O) groups excluding carboxylic acids is 1. The molecule has 3 N–H and O–H groups in total. The van der Waals surface area contributed by atoms with Crippen LogP contribution in [0.5, 0.6) is 0 Å². The molecular formula is C15H26N2OS. The molecule has 19 heavy (non-hydrogen) atoms. The van der Waals surface area contributed by atoms with Crippen LogP contribution in [0.1, 0.15) is 58.3 Å². The van der Waals surface area contributed by atoms with Gasteiger partial charge in [0, 0.05) is 6.54 Å². The van der Waals surface area contributed by atoms with Crippen molar-refractivity contribution in [3.05, 3.63) is 0 Å². The maximum atomic E-state index is 12.3. The Balaban J connectivity index is 1.77. The van der Waals surface area contributed by atoms with E-state index in [2.05, 4.69) is 12.2 Å². The second-order valence-electron chi connectivity index (χ2n) is 6.30. The van der Waals surface area contributed by atoms with Crippen LogP contribution in [-0.4, -0.2) is 17.4 Å². The van der Waals surface area contributed by atoms with E-state index in [1.807, 2.05) is 0 Å². The van der Waals surface area contributed by atoms with E-state index < -0.39 is 5.41 Å². The molecule has 2 aliphatic rings. The lowest BCUT2D eigenvalue weighted by Crippen LogP contribution is -2.53. The van der Waals surface area contributed by atoms with Gasteiger partial charge in [0.05, 0.1) is 10.4 Å². The highest BCUT2D eigenvalue weighted by Gasteiger charge is 2.46. The van der Waals surface area contributed by atoms with Crippen molar-refractivity contribution in [2.24, 2.45) is 23.0 Å². The first kappa shape index (κ1) is 14.8.